The largest absolute Gasteiger partial charge is 0.381 e. The number of aryl methyl sites for hydroxylation is 1. The Morgan fingerprint density at radius 1 is 1.35 bits per heavy atom. The predicted octanol–water partition coefficient (Wildman–Crippen LogP) is 0.999. The lowest BCUT2D eigenvalue weighted by Crippen LogP contribution is -2.61. The minimum Gasteiger partial charge on any atom is -0.381 e. The average molecular weight is 319 g/mol. The number of hydrogen-bond donors (Lipinski definition) is 1. The van der Waals surface area contributed by atoms with Gasteiger partial charge in [0.15, 0.2) is 0 Å². The van der Waals surface area contributed by atoms with Crippen LogP contribution in [0.4, 0.5) is 0 Å². The lowest BCUT2D eigenvalue weighted by molar-refractivity contribution is -0.126. The molecule has 6 nitrogen and oxygen atoms in total. The molecule has 6 heteroatoms. The van der Waals surface area contributed by atoms with Crippen LogP contribution in [0.1, 0.15) is 24.3 Å². The monoisotopic (exact) mass is 319 g/mol. The molecule has 4 rings (SSSR count). The van der Waals surface area contributed by atoms with Crippen molar-refractivity contribution in [1.29, 1.82) is 0 Å². The minimum absolute atomic E-state index is 0.0266. The van der Waals surface area contributed by atoms with E-state index in [-0.39, 0.29) is 18.4 Å². The van der Waals surface area contributed by atoms with Crippen molar-refractivity contribution in [2.24, 2.45) is 17.8 Å². The van der Waals surface area contributed by atoms with Crippen LogP contribution in [0.15, 0.2) is 10.6 Å². The minimum atomic E-state index is 0.0266. The lowest BCUT2D eigenvalue weighted by atomic mass is 9.82. The second-order valence-corrected chi connectivity index (χ2v) is 7.42. The molecule has 3 aliphatic rings. The Morgan fingerprint density at radius 3 is 2.70 bits per heavy atom. The molecule has 0 aromatic carbocycles. The van der Waals surface area contributed by atoms with Gasteiger partial charge in [0.2, 0.25) is 5.91 Å². The predicted molar refractivity (Wildman–Crippen MR) is 83.8 cm³/mol. The molecule has 1 aromatic rings. The van der Waals surface area contributed by atoms with Crippen LogP contribution in [0.2, 0.25) is 0 Å². The van der Waals surface area contributed by atoms with Crippen LogP contribution < -0.4 is 5.32 Å². The molecular weight excluding hydrogens is 294 g/mol. The molecule has 3 fully saturated rings. The summed E-state index contributed by atoms with van der Waals surface area (Å²) >= 11 is 0. The second-order valence-electron chi connectivity index (χ2n) is 7.42. The molecule has 1 amide bonds. The van der Waals surface area contributed by atoms with Gasteiger partial charge in [0.1, 0.15) is 5.76 Å². The number of amides is 1. The van der Waals surface area contributed by atoms with Crippen molar-refractivity contribution < 1.29 is 14.1 Å². The summed E-state index contributed by atoms with van der Waals surface area (Å²) < 4.78 is 10.9. The van der Waals surface area contributed by atoms with E-state index in [9.17, 15) is 4.79 Å². The number of carbonyl (C=O) groups is 1. The Kier molecular flexibility index (Phi) is 4.11. The van der Waals surface area contributed by atoms with Crippen molar-refractivity contribution in [2.75, 3.05) is 32.8 Å². The van der Waals surface area contributed by atoms with E-state index in [1.165, 1.54) is 19.4 Å². The molecule has 1 saturated carbocycles. The van der Waals surface area contributed by atoms with E-state index in [0.29, 0.717) is 17.6 Å². The number of hydrogen-bond acceptors (Lipinski definition) is 5. The van der Waals surface area contributed by atoms with Crippen molar-refractivity contribution in [3.8, 4) is 0 Å². The van der Waals surface area contributed by atoms with Gasteiger partial charge < -0.3 is 19.5 Å². The zero-order valence-electron chi connectivity index (χ0n) is 13.7. The number of fused-ring (bicyclic) bond motifs is 2. The van der Waals surface area contributed by atoms with Gasteiger partial charge in [-0.1, -0.05) is 5.16 Å². The maximum absolute atomic E-state index is 12.3. The van der Waals surface area contributed by atoms with E-state index in [2.05, 4.69) is 15.4 Å². The van der Waals surface area contributed by atoms with Gasteiger partial charge in [-0.3, -0.25) is 4.79 Å². The summed E-state index contributed by atoms with van der Waals surface area (Å²) in [5.41, 5.74) is 0.812. The first-order valence-corrected chi connectivity index (χ1v) is 8.69. The maximum Gasteiger partial charge on any atom is 0.227 e. The fourth-order valence-corrected chi connectivity index (χ4v) is 3.98. The molecule has 2 bridgehead atoms. The number of aromatic nitrogens is 1. The standard InChI is InChI=1S/C17H25N3O3/c1-11-4-15(23-19-11)5-16(21)18-17-13-7-20(6-12-2-3-12)8-14(17)10-22-9-13/h4,12-14,17H,2-3,5-10H2,1H3,(H,18,21). The molecule has 1 aliphatic carbocycles. The molecule has 0 spiro atoms. The van der Waals surface area contributed by atoms with Crippen LogP contribution in [0, 0.1) is 24.7 Å². The van der Waals surface area contributed by atoms with Crippen molar-refractivity contribution in [3.63, 3.8) is 0 Å². The molecule has 1 aromatic heterocycles. The summed E-state index contributed by atoms with van der Waals surface area (Å²) in [6.07, 6.45) is 3.04. The van der Waals surface area contributed by atoms with Gasteiger partial charge in [-0.15, -0.1) is 0 Å². The smallest absolute Gasteiger partial charge is 0.227 e. The van der Waals surface area contributed by atoms with Crippen LogP contribution in [0.5, 0.6) is 0 Å². The van der Waals surface area contributed by atoms with Crippen molar-refractivity contribution in [2.45, 2.75) is 32.2 Å². The summed E-state index contributed by atoms with van der Waals surface area (Å²) in [5, 5.41) is 7.07. The van der Waals surface area contributed by atoms with E-state index >= 15 is 0 Å². The van der Waals surface area contributed by atoms with E-state index in [1.54, 1.807) is 0 Å². The Balaban J connectivity index is 1.35. The first-order chi connectivity index (χ1) is 11.2. The fraction of sp³-hybridized carbons (Fsp3) is 0.765. The summed E-state index contributed by atoms with van der Waals surface area (Å²) in [7, 11) is 0. The molecule has 23 heavy (non-hydrogen) atoms. The highest BCUT2D eigenvalue weighted by Gasteiger charge is 2.42. The van der Waals surface area contributed by atoms with Crippen LogP contribution in [-0.4, -0.2) is 54.9 Å². The number of ether oxygens (including phenoxy) is 1. The van der Waals surface area contributed by atoms with Crippen LogP contribution in [-0.2, 0) is 16.0 Å². The molecule has 126 valence electrons. The number of rotatable bonds is 5. The van der Waals surface area contributed by atoms with Crippen LogP contribution in [0.25, 0.3) is 0 Å². The summed E-state index contributed by atoms with van der Waals surface area (Å²) in [6.45, 7) is 6.68. The maximum atomic E-state index is 12.3. The number of piperidine rings is 1. The highest BCUT2D eigenvalue weighted by molar-refractivity contribution is 5.78. The van der Waals surface area contributed by atoms with Gasteiger partial charge in [0.25, 0.3) is 0 Å². The van der Waals surface area contributed by atoms with E-state index < -0.39 is 0 Å². The number of carbonyl (C=O) groups excluding carboxylic acids is 1. The number of nitrogens with zero attached hydrogens (tertiary/aromatic N) is 2. The Bertz CT molecular complexity index is 555. The topological polar surface area (TPSA) is 67.6 Å². The van der Waals surface area contributed by atoms with E-state index in [4.69, 9.17) is 9.26 Å². The Morgan fingerprint density at radius 2 is 2.09 bits per heavy atom. The third kappa shape index (κ3) is 3.58. The van der Waals surface area contributed by atoms with Gasteiger partial charge in [-0.05, 0) is 25.7 Å². The van der Waals surface area contributed by atoms with Crippen molar-refractivity contribution >= 4 is 5.91 Å². The first kappa shape index (κ1) is 15.1. The van der Waals surface area contributed by atoms with Gasteiger partial charge >= 0.3 is 0 Å². The van der Waals surface area contributed by atoms with E-state index in [1.807, 2.05) is 13.0 Å². The third-order valence-electron chi connectivity index (χ3n) is 5.22. The fourth-order valence-electron chi connectivity index (χ4n) is 3.98. The lowest BCUT2D eigenvalue weighted by Gasteiger charge is -2.47. The van der Waals surface area contributed by atoms with Crippen LogP contribution in [0.3, 0.4) is 0 Å². The molecular formula is C17H25N3O3. The average Bonchev–Trinajstić information content (AvgIpc) is 3.21. The molecule has 2 saturated heterocycles. The first-order valence-electron chi connectivity index (χ1n) is 8.69. The molecule has 1 N–H and O–H groups in total. The van der Waals surface area contributed by atoms with Crippen molar-refractivity contribution in [1.82, 2.24) is 15.4 Å². The Labute approximate surface area is 136 Å². The molecule has 2 unspecified atom stereocenters. The zero-order chi connectivity index (χ0) is 15.8. The van der Waals surface area contributed by atoms with Gasteiger partial charge in [-0.25, -0.2) is 0 Å². The SMILES string of the molecule is Cc1cc(CC(=O)NC2C3COCC2CN(CC2CC2)C3)on1. The highest BCUT2D eigenvalue weighted by atomic mass is 16.5. The molecule has 3 heterocycles. The number of nitrogens with one attached hydrogen (secondary N) is 1. The van der Waals surface area contributed by atoms with E-state index in [0.717, 1.165) is 37.9 Å². The second kappa shape index (κ2) is 6.24. The summed E-state index contributed by atoms with van der Waals surface area (Å²) in [6, 6.07) is 2.05. The Hall–Kier alpha value is -1.40. The van der Waals surface area contributed by atoms with Gasteiger partial charge in [0, 0.05) is 43.6 Å². The summed E-state index contributed by atoms with van der Waals surface area (Å²) in [5.74, 6) is 2.38. The zero-order valence-corrected chi connectivity index (χ0v) is 13.7. The van der Waals surface area contributed by atoms with Crippen LogP contribution >= 0.6 is 0 Å². The quantitative estimate of drug-likeness (QED) is 0.877. The number of likely N-dealkylation sites (tertiary alicyclic amines) is 1. The molecule has 2 atom stereocenters. The highest BCUT2D eigenvalue weighted by Crippen LogP contribution is 2.33. The van der Waals surface area contributed by atoms with Gasteiger partial charge in [0.05, 0.1) is 25.3 Å². The molecule has 0 radical (unpaired) electrons. The van der Waals surface area contributed by atoms with Crippen molar-refractivity contribution in [3.05, 3.63) is 17.5 Å². The molecule has 2 aliphatic heterocycles. The third-order valence-corrected chi connectivity index (χ3v) is 5.22. The van der Waals surface area contributed by atoms with Gasteiger partial charge in [-0.2, -0.15) is 0 Å². The summed E-state index contributed by atoms with van der Waals surface area (Å²) in [4.78, 5) is 14.9. The normalized spacial score (nSPS) is 31.1.